The van der Waals surface area contributed by atoms with E-state index in [2.05, 4.69) is 199 Å². The molecule has 0 fully saturated rings. The Morgan fingerprint density at radius 2 is 0.906 bits per heavy atom. The van der Waals surface area contributed by atoms with E-state index in [1.807, 2.05) is 0 Å². The number of benzene rings is 9. The molecular formula is C60H50N2O2. The Bertz CT molecular complexity index is 3740. The molecule has 0 N–H and O–H groups in total. The van der Waals surface area contributed by atoms with Crippen LogP contribution in [0.25, 0.3) is 70.9 Å². The van der Waals surface area contributed by atoms with Crippen LogP contribution in [0.3, 0.4) is 0 Å². The van der Waals surface area contributed by atoms with Crippen LogP contribution in [-0.4, -0.2) is 0 Å². The van der Waals surface area contributed by atoms with Gasteiger partial charge in [0.15, 0.2) is 11.3 Å². The summed E-state index contributed by atoms with van der Waals surface area (Å²) in [6.07, 6.45) is 1.92. The lowest BCUT2D eigenvalue weighted by molar-refractivity contribution is 0.583. The molecule has 12 rings (SSSR count). The maximum atomic E-state index is 7.01. The summed E-state index contributed by atoms with van der Waals surface area (Å²) in [5.74, 6) is 0.981. The average molecular weight is 831 g/mol. The first kappa shape index (κ1) is 38.4. The Hall–Kier alpha value is -7.30. The van der Waals surface area contributed by atoms with Gasteiger partial charge in [0.2, 0.25) is 0 Å². The van der Waals surface area contributed by atoms with Gasteiger partial charge < -0.3 is 18.6 Å². The third-order valence-electron chi connectivity index (χ3n) is 13.9. The summed E-state index contributed by atoms with van der Waals surface area (Å²) in [5.41, 5.74) is 20.5. The molecule has 0 unspecified atom stereocenters. The Labute approximate surface area is 374 Å². The highest BCUT2D eigenvalue weighted by molar-refractivity contribution is 6.28. The minimum absolute atomic E-state index is 0.900. The molecule has 11 aromatic rings. The van der Waals surface area contributed by atoms with Crippen molar-refractivity contribution < 1.29 is 8.83 Å². The van der Waals surface area contributed by atoms with Crippen molar-refractivity contribution in [2.24, 2.45) is 0 Å². The molecule has 0 saturated carbocycles. The van der Waals surface area contributed by atoms with Gasteiger partial charge in [-0.25, -0.2) is 0 Å². The monoisotopic (exact) mass is 830 g/mol. The molecule has 1 aliphatic rings. The lowest BCUT2D eigenvalue weighted by Gasteiger charge is -2.33. The topological polar surface area (TPSA) is 32.8 Å². The Kier molecular flexibility index (Phi) is 8.46. The number of allylic oxidation sites excluding steroid dienone is 1. The fourth-order valence-electron chi connectivity index (χ4n) is 11.1. The second-order valence-corrected chi connectivity index (χ2v) is 18.6. The molecule has 4 nitrogen and oxygen atoms in total. The first-order valence-electron chi connectivity index (χ1n) is 22.6. The Balaban J connectivity index is 1.15. The Morgan fingerprint density at radius 1 is 0.406 bits per heavy atom. The number of hydrogen-bond acceptors (Lipinski definition) is 4. The van der Waals surface area contributed by atoms with Crippen LogP contribution in [0.1, 0.15) is 63.6 Å². The number of rotatable bonds is 6. The fourth-order valence-corrected chi connectivity index (χ4v) is 11.1. The zero-order valence-corrected chi connectivity index (χ0v) is 37.8. The number of furan rings is 2. The zero-order valence-electron chi connectivity index (χ0n) is 37.8. The maximum absolute atomic E-state index is 7.01. The van der Waals surface area contributed by atoms with Gasteiger partial charge in [-0.2, -0.15) is 0 Å². The van der Waals surface area contributed by atoms with Crippen molar-refractivity contribution in [1.29, 1.82) is 0 Å². The summed E-state index contributed by atoms with van der Waals surface area (Å²) < 4.78 is 14.0. The van der Waals surface area contributed by atoms with E-state index in [1.165, 1.54) is 71.1 Å². The molecule has 0 saturated heterocycles. The summed E-state index contributed by atoms with van der Waals surface area (Å²) in [4.78, 5) is 4.97. The van der Waals surface area contributed by atoms with E-state index in [0.29, 0.717) is 0 Å². The lowest BCUT2D eigenvalue weighted by Crippen LogP contribution is -2.20. The van der Waals surface area contributed by atoms with Crippen LogP contribution in [0, 0.1) is 48.5 Å². The molecule has 0 bridgehead atoms. The van der Waals surface area contributed by atoms with Crippen molar-refractivity contribution in [2.75, 3.05) is 9.80 Å². The normalized spacial score (nSPS) is 13.1. The van der Waals surface area contributed by atoms with E-state index in [-0.39, 0.29) is 0 Å². The molecule has 0 radical (unpaired) electrons. The van der Waals surface area contributed by atoms with Crippen LogP contribution in [0.4, 0.5) is 28.4 Å². The van der Waals surface area contributed by atoms with Crippen molar-refractivity contribution in [3.63, 3.8) is 0 Å². The smallest absolute Gasteiger partial charge is 0.159 e. The second kappa shape index (κ2) is 14.1. The standard InChI is InChI=1S/C60H50N2O2/c1-33-27-34(2)30-43(29-33)61(55-37(5)15-21-47-45-13-9-11-39(7)57(45)63-59(47)55)51-25-19-41-18-24-50-52(26-20-42-17-23-49(51)53(41)54(42)50)62(44-31-35(3)28-36(4)32-44)56-38(6)16-22-48-46-14-10-12-40(8)58(46)64-60(48)56/h9-15,17-21,23-32H,16,22H2,1-8H3. The summed E-state index contributed by atoms with van der Waals surface area (Å²) in [5, 5.41) is 10.8. The number of nitrogens with zero attached hydrogens (tertiary/aromatic N) is 2. The van der Waals surface area contributed by atoms with Crippen molar-refractivity contribution in [3.05, 3.63) is 189 Å². The van der Waals surface area contributed by atoms with Crippen molar-refractivity contribution in [2.45, 2.75) is 68.2 Å². The lowest BCUT2D eigenvalue weighted by atomic mass is 9.89. The van der Waals surface area contributed by atoms with Crippen molar-refractivity contribution >= 4 is 99.4 Å². The van der Waals surface area contributed by atoms with E-state index in [1.54, 1.807) is 0 Å². The first-order valence-corrected chi connectivity index (χ1v) is 22.6. The highest BCUT2D eigenvalue weighted by atomic mass is 16.3. The predicted octanol–water partition coefficient (Wildman–Crippen LogP) is 17.4. The third-order valence-corrected chi connectivity index (χ3v) is 13.9. The average Bonchev–Trinajstić information content (AvgIpc) is 3.85. The van der Waals surface area contributed by atoms with Crippen LogP contribution in [0.15, 0.2) is 148 Å². The van der Waals surface area contributed by atoms with Gasteiger partial charge in [0.1, 0.15) is 11.2 Å². The molecule has 0 atom stereocenters. The SMILES string of the molecule is CC1=C(N(c2cc(C)cc(C)c2)c2ccc3ccc4c(N(c5cc(C)cc(C)c5)c5c(C)ccc6c5oc5c(C)cccc56)ccc5ccc2c3c54)c2oc3c(C)cccc3c2CC1. The maximum Gasteiger partial charge on any atom is 0.159 e. The zero-order chi connectivity index (χ0) is 43.7. The minimum atomic E-state index is 0.900. The van der Waals surface area contributed by atoms with Gasteiger partial charge in [-0.05, 0) is 171 Å². The summed E-state index contributed by atoms with van der Waals surface area (Å²) >= 11 is 0. The number of para-hydroxylation sites is 2. The number of aryl methyl sites for hydroxylation is 8. The number of anilines is 5. The van der Waals surface area contributed by atoms with Crippen LogP contribution >= 0.6 is 0 Å². The van der Waals surface area contributed by atoms with Gasteiger partial charge in [-0.3, -0.25) is 0 Å². The van der Waals surface area contributed by atoms with E-state index in [0.717, 1.165) is 96.9 Å². The second-order valence-electron chi connectivity index (χ2n) is 18.6. The van der Waals surface area contributed by atoms with Crippen molar-refractivity contribution in [1.82, 2.24) is 0 Å². The van der Waals surface area contributed by atoms with Crippen molar-refractivity contribution in [3.8, 4) is 0 Å². The van der Waals surface area contributed by atoms with E-state index in [9.17, 15) is 0 Å². The van der Waals surface area contributed by atoms with Crippen LogP contribution in [-0.2, 0) is 6.42 Å². The molecule has 0 spiro atoms. The van der Waals surface area contributed by atoms with Gasteiger partial charge in [-0.15, -0.1) is 0 Å². The summed E-state index contributed by atoms with van der Waals surface area (Å²) in [7, 11) is 0. The largest absolute Gasteiger partial charge is 0.454 e. The molecule has 0 aliphatic heterocycles. The van der Waals surface area contributed by atoms with Crippen LogP contribution in [0.2, 0.25) is 0 Å². The minimum Gasteiger partial charge on any atom is -0.454 e. The summed E-state index contributed by atoms with van der Waals surface area (Å²) in [6, 6.07) is 49.9. The molecule has 1 aliphatic carbocycles. The first-order chi connectivity index (χ1) is 31.0. The predicted molar refractivity (Wildman–Crippen MR) is 271 cm³/mol. The van der Waals surface area contributed by atoms with Gasteiger partial charge in [0.25, 0.3) is 0 Å². The third kappa shape index (κ3) is 5.68. The molecular weight excluding hydrogens is 781 g/mol. The summed E-state index contributed by atoms with van der Waals surface area (Å²) in [6.45, 7) is 17.6. The quantitative estimate of drug-likeness (QED) is 0.156. The highest BCUT2D eigenvalue weighted by Gasteiger charge is 2.32. The molecule has 0 amide bonds. The number of fused-ring (bicyclic) bond motifs is 6. The molecule has 312 valence electrons. The van der Waals surface area contributed by atoms with E-state index < -0.39 is 0 Å². The molecule has 9 aromatic carbocycles. The van der Waals surface area contributed by atoms with Gasteiger partial charge in [0.05, 0.1) is 22.8 Å². The van der Waals surface area contributed by atoms with E-state index in [4.69, 9.17) is 8.83 Å². The number of hydrogen-bond donors (Lipinski definition) is 0. The molecule has 4 heteroatoms. The van der Waals surface area contributed by atoms with Gasteiger partial charge in [0, 0.05) is 43.9 Å². The van der Waals surface area contributed by atoms with Gasteiger partial charge in [-0.1, -0.05) is 97.1 Å². The molecule has 64 heavy (non-hydrogen) atoms. The van der Waals surface area contributed by atoms with Crippen LogP contribution in [0.5, 0.6) is 0 Å². The fraction of sp³-hybridized carbons (Fsp3) is 0.167. The van der Waals surface area contributed by atoms with Crippen LogP contribution < -0.4 is 9.80 Å². The van der Waals surface area contributed by atoms with Gasteiger partial charge >= 0.3 is 0 Å². The molecule has 2 aromatic heterocycles. The van der Waals surface area contributed by atoms with E-state index >= 15 is 0 Å². The highest BCUT2D eigenvalue weighted by Crippen LogP contribution is 2.52. The molecule has 2 heterocycles. The Morgan fingerprint density at radius 3 is 1.52 bits per heavy atom.